The third-order valence-electron chi connectivity index (χ3n) is 4.52. The average molecular weight is 424 g/mol. The van der Waals surface area contributed by atoms with E-state index in [1.54, 1.807) is 29.2 Å². The lowest BCUT2D eigenvalue weighted by Crippen LogP contribution is -2.39. The molecule has 1 heterocycles. The number of halogens is 2. The third kappa shape index (κ3) is 5.34. The fourth-order valence-corrected chi connectivity index (χ4v) is 5.11. The number of carbonyl (C=O) groups is 1. The summed E-state index contributed by atoms with van der Waals surface area (Å²) < 4.78 is 23.8. The minimum atomic E-state index is -3.11. The second kappa shape index (κ2) is 8.46. The summed E-state index contributed by atoms with van der Waals surface area (Å²) in [6.07, 6.45) is 3.60. The molecule has 1 saturated heterocycles. The zero-order valence-corrected chi connectivity index (χ0v) is 16.8. The first-order valence-corrected chi connectivity index (χ1v) is 11.1. The Kier molecular flexibility index (Phi) is 6.25. The number of amides is 1. The summed E-state index contributed by atoms with van der Waals surface area (Å²) in [5.74, 6) is -0.157. The predicted molar refractivity (Wildman–Crippen MR) is 110 cm³/mol. The Hall–Kier alpha value is -1.82. The molecule has 2 aromatic rings. The molecule has 1 aliphatic rings. The van der Waals surface area contributed by atoms with Crippen molar-refractivity contribution in [2.75, 3.05) is 11.5 Å². The zero-order valence-electron chi connectivity index (χ0n) is 14.5. The van der Waals surface area contributed by atoms with E-state index in [1.165, 1.54) is 6.08 Å². The molecule has 0 saturated carbocycles. The van der Waals surface area contributed by atoms with Gasteiger partial charge in [0.05, 0.1) is 11.5 Å². The highest BCUT2D eigenvalue weighted by Crippen LogP contribution is 2.24. The summed E-state index contributed by atoms with van der Waals surface area (Å²) in [6.45, 7) is 0.268. The SMILES string of the molecule is O=C(/C=C/c1ccc(Cl)cc1)N(Cc1ccccc1Cl)[C@@H]1CCS(=O)(=O)C1. The number of rotatable bonds is 5. The number of hydrogen-bond acceptors (Lipinski definition) is 3. The molecule has 2 aromatic carbocycles. The van der Waals surface area contributed by atoms with Gasteiger partial charge >= 0.3 is 0 Å². The van der Waals surface area contributed by atoms with Gasteiger partial charge in [0.15, 0.2) is 9.84 Å². The normalized spacial score (nSPS) is 18.7. The highest BCUT2D eigenvalue weighted by Gasteiger charge is 2.34. The van der Waals surface area contributed by atoms with Crippen LogP contribution in [0.5, 0.6) is 0 Å². The van der Waals surface area contributed by atoms with Gasteiger partial charge < -0.3 is 4.90 Å². The Labute approximate surface area is 169 Å². The highest BCUT2D eigenvalue weighted by atomic mass is 35.5. The molecule has 0 unspecified atom stereocenters. The van der Waals surface area contributed by atoms with Gasteiger partial charge in [-0.2, -0.15) is 0 Å². The quantitative estimate of drug-likeness (QED) is 0.676. The largest absolute Gasteiger partial charge is 0.331 e. The van der Waals surface area contributed by atoms with Crippen LogP contribution in [-0.4, -0.2) is 36.8 Å². The van der Waals surface area contributed by atoms with E-state index >= 15 is 0 Å². The van der Waals surface area contributed by atoms with E-state index in [9.17, 15) is 13.2 Å². The van der Waals surface area contributed by atoms with Crippen LogP contribution in [-0.2, 0) is 21.2 Å². The summed E-state index contributed by atoms with van der Waals surface area (Å²) >= 11 is 12.1. The van der Waals surface area contributed by atoms with Crippen LogP contribution in [0, 0.1) is 0 Å². The first kappa shape index (κ1) is 19.9. The lowest BCUT2D eigenvalue weighted by Gasteiger charge is -2.27. The fourth-order valence-electron chi connectivity index (χ4n) is 3.06. The van der Waals surface area contributed by atoms with E-state index < -0.39 is 9.84 Å². The molecule has 0 aliphatic carbocycles. The van der Waals surface area contributed by atoms with E-state index in [4.69, 9.17) is 23.2 Å². The van der Waals surface area contributed by atoms with Crippen molar-refractivity contribution >= 4 is 45.0 Å². The number of carbonyl (C=O) groups excluding carboxylic acids is 1. The summed E-state index contributed by atoms with van der Waals surface area (Å²) in [6, 6.07) is 14.0. The van der Waals surface area contributed by atoms with Crippen molar-refractivity contribution in [3.05, 3.63) is 75.8 Å². The molecule has 27 heavy (non-hydrogen) atoms. The number of sulfone groups is 1. The molecule has 1 aliphatic heterocycles. The van der Waals surface area contributed by atoms with Crippen molar-refractivity contribution < 1.29 is 13.2 Å². The lowest BCUT2D eigenvalue weighted by molar-refractivity contribution is -0.128. The lowest BCUT2D eigenvalue weighted by atomic mass is 10.1. The molecule has 1 atom stereocenters. The van der Waals surface area contributed by atoms with Crippen molar-refractivity contribution in [3.8, 4) is 0 Å². The standard InChI is InChI=1S/C20H19Cl2NO3S/c21-17-8-5-15(6-9-17)7-10-20(24)23(18-11-12-27(25,26)14-18)13-16-3-1-2-4-19(16)22/h1-10,18H,11-14H2/b10-7+/t18-/m1/s1. The maximum atomic E-state index is 12.9. The molecule has 0 aromatic heterocycles. The summed E-state index contributed by atoms with van der Waals surface area (Å²) in [5.41, 5.74) is 1.63. The van der Waals surface area contributed by atoms with Crippen LogP contribution in [0.25, 0.3) is 6.08 Å². The molecule has 0 bridgehead atoms. The van der Waals surface area contributed by atoms with Crippen LogP contribution >= 0.6 is 23.2 Å². The monoisotopic (exact) mass is 423 g/mol. The number of nitrogens with zero attached hydrogens (tertiary/aromatic N) is 1. The Morgan fingerprint density at radius 1 is 1.11 bits per heavy atom. The molecule has 7 heteroatoms. The van der Waals surface area contributed by atoms with E-state index in [0.717, 1.165) is 11.1 Å². The van der Waals surface area contributed by atoms with Crippen LogP contribution in [0.2, 0.25) is 10.0 Å². The smallest absolute Gasteiger partial charge is 0.247 e. The minimum Gasteiger partial charge on any atom is -0.331 e. The van der Waals surface area contributed by atoms with Crippen molar-refractivity contribution in [1.82, 2.24) is 4.90 Å². The molecule has 0 N–H and O–H groups in total. The minimum absolute atomic E-state index is 0.0159. The first-order chi connectivity index (χ1) is 12.8. The van der Waals surface area contributed by atoms with Gasteiger partial charge in [-0.1, -0.05) is 53.5 Å². The number of hydrogen-bond donors (Lipinski definition) is 0. The predicted octanol–water partition coefficient (Wildman–Crippen LogP) is 4.22. The summed E-state index contributed by atoms with van der Waals surface area (Å²) in [4.78, 5) is 14.5. The molecule has 1 amide bonds. The molecule has 0 spiro atoms. The van der Waals surface area contributed by atoms with Gasteiger partial charge in [0.25, 0.3) is 0 Å². The van der Waals surface area contributed by atoms with Gasteiger partial charge in [0.1, 0.15) is 0 Å². The Morgan fingerprint density at radius 2 is 1.81 bits per heavy atom. The van der Waals surface area contributed by atoms with Gasteiger partial charge in [-0.05, 0) is 41.8 Å². The summed E-state index contributed by atoms with van der Waals surface area (Å²) in [5, 5.41) is 1.17. The molecular weight excluding hydrogens is 405 g/mol. The number of benzene rings is 2. The van der Waals surface area contributed by atoms with E-state index in [2.05, 4.69) is 0 Å². The van der Waals surface area contributed by atoms with Gasteiger partial charge in [0, 0.05) is 28.7 Å². The van der Waals surface area contributed by atoms with Crippen LogP contribution in [0.1, 0.15) is 17.5 Å². The Morgan fingerprint density at radius 3 is 2.44 bits per heavy atom. The molecule has 4 nitrogen and oxygen atoms in total. The molecule has 3 rings (SSSR count). The van der Waals surface area contributed by atoms with E-state index in [0.29, 0.717) is 16.5 Å². The van der Waals surface area contributed by atoms with Gasteiger partial charge in [-0.3, -0.25) is 4.79 Å². The fraction of sp³-hybridized carbons (Fsp3) is 0.250. The molecule has 1 fully saturated rings. The topological polar surface area (TPSA) is 54.5 Å². The Balaban J connectivity index is 1.83. The van der Waals surface area contributed by atoms with Crippen molar-refractivity contribution in [2.24, 2.45) is 0 Å². The maximum absolute atomic E-state index is 12.9. The highest BCUT2D eigenvalue weighted by molar-refractivity contribution is 7.91. The third-order valence-corrected chi connectivity index (χ3v) is 6.89. The molecule has 142 valence electrons. The van der Waals surface area contributed by atoms with Gasteiger partial charge in [0.2, 0.25) is 5.91 Å². The van der Waals surface area contributed by atoms with Crippen LogP contribution in [0.15, 0.2) is 54.6 Å². The van der Waals surface area contributed by atoms with Gasteiger partial charge in [-0.25, -0.2) is 8.42 Å². The molecule has 0 radical (unpaired) electrons. The Bertz CT molecular complexity index is 955. The van der Waals surface area contributed by atoms with Crippen molar-refractivity contribution in [2.45, 2.75) is 19.0 Å². The second-order valence-electron chi connectivity index (χ2n) is 6.50. The molecular formula is C20H19Cl2NO3S. The second-order valence-corrected chi connectivity index (χ2v) is 9.57. The van der Waals surface area contributed by atoms with Crippen LogP contribution in [0.4, 0.5) is 0 Å². The van der Waals surface area contributed by atoms with Crippen LogP contribution < -0.4 is 0 Å². The van der Waals surface area contributed by atoms with Crippen molar-refractivity contribution in [1.29, 1.82) is 0 Å². The first-order valence-electron chi connectivity index (χ1n) is 8.52. The van der Waals surface area contributed by atoms with E-state index in [-0.39, 0.29) is 30.0 Å². The summed E-state index contributed by atoms with van der Waals surface area (Å²) in [7, 11) is -3.11. The van der Waals surface area contributed by atoms with Crippen molar-refractivity contribution in [3.63, 3.8) is 0 Å². The maximum Gasteiger partial charge on any atom is 0.247 e. The van der Waals surface area contributed by atoms with Gasteiger partial charge in [-0.15, -0.1) is 0 Å². The van der Waals surface area contributed by atoms with Crippen LogP contribution in [0.3, 0.4) is 0 Å². The average Bonchev–Trinajstić information content (AvgIpc) is 3.00. The zero-order chi connectivity index (χ0) is 19.4. The van der Waals surface area contributed by atoms with E-state index in [1.807, 2.05) is 30.3 Å².